The molecule has 1 heterocycles. The SMILES string of the molecule is O=C(CC1CCCCC1)Nc1ccc(Cl)cc1.O=C1CCCN1Cc1ccccc1. The molecule has 1 aliphatic carbocycles. The Morgan fingerprint density at radius 1 is 0.967 bits per heavy atom. The summed E-state index contributed by atoms with van der Waals surface area (Å²) in [5, 5.41) is 3.61. The average Bonchev–Trinajstić information content (AvgIpc) is 3.16. The van der Waals surface area contributed by atoms with Crippen molar-refractivity contribution in [2.45, 2.75) is 57.9 Å². The number of amides is 2. The molecule has 1 N–H and O–H groups in total. The molecule has 0 atom stereocenters. The van der Waals surface area contributed by atoms with E-state index in [1.54, 1.807) is 12.1 Å². The highest BCUT2D eigenvalue weighted by molar-refractivity contribution is 6.30. The molecule has 0 radical (unpaired) electrons. The molecule has 30 heavy (non-hydrogen) atoms. The number of carbonyl (C=O) groups excluding carboxylic acids is 2. The Morgan fingerprint density at radius 3 is 2.30 bits per heavy atom. The van der Waals surface area contributed by atoms with Gasteiger partial charge in [0.05, 0.1) is 0 Å². The minimum absolute atomic E-state index is 0.124. The molecule has 0 unspecified atom stereocenters. The van der Waals surface area contributed by atoms with Gasteiger partial charge in [0.25, 0.3) is 0 Å². The number of hydrogen-bond donors (Lipinski definition) is 1. The van der Waals surface area contributed by atoms with E-state index in [2.05, 4.69) is 17.4 Å². The number of hydrogen-bond acceptors (Lipinski definition) is 2. The molecule has 4 nitrogen and oxygen atoms in total. The van der Waals surface area contributed by atoms with E-state index in [1.165, 1.54) is 37.7 Å². The molecule has 1 aliphatic heterocycles. The van der Waals surface area contributed by atoms with E-state index in [-0.39, 0.29) is 5.91 Å². The first-order chi connectivity index (χ1) is 14.6. The Kier molecular flexibility index (Phi) is 8.76. The molecular weight excluding hydrogens is 396 g/mol. The number of nitrogens with zero attached hydrogens (tertiary/aromatic N) is 1. The summed E-state index contributed by atoms with van der Waals surface area (Å²) in [5.41, 5.74) is 2.05. The van der Waals surface area contributed by atoms with Crippen molar-refractivity contribution < 1.29 is 9.59 Å². The summed E-state index contributed by atoms with van der Waals surface area (Å²) in [6.07, 6.45) is 8.69. The lowest BCUT2D eigenvalue weighted by Crippen LogP contribution is -2.23. The van der Waals surface area contributed by atoms with E-state index in [4.69, 9.17) is 11.6 Å². The Hall–Kier alpha value is -2.33. The van der Waals surface area contributed by atoms with Gasteiger partial charge in [-0.1, -0.05) is 61.2 Å². The maximum absolute atomic E-state index is 11.8. The number of rotatable bonds is 5. The van der Waals surface area contributed by atoms with Gasteiger partial charge in [-0.25, -0.2) is 0 Å². The van der Waals surface area contributed by atoms with E-state index in [0.717, 1.165) is 31.6 Å². The van der Waals surface area contributed by atoms with Crippen LogP contribution in [-0.2, 0) is 16.1 Å². The van der Waals surface area contributed by atoms with Crippen LogP contribution in [0, 0.1) is 5.92 Å². The molecule has 1 saturated carbocycles. The molecule has 2 amide bonds. The van der Waals surface area contributed by atoms with Crippen molar-refractivity contribution in [2.75, 3.05) is 11.9 Å². The molecule has 0 bridgehead atoms. The second-order valence-electron chi connectivity index (χ2n) is 8.17. The molecule has 0 aromatic heterocycles. The lowest BCUT2D eigenvalue weighted by molar-refractivity contribution is -0.128. The van der Waals surface area contributed by atoms with Gasteiger partial charge in [-0.05, 0) is 55.0 Å². The second kappa shape index (κ2) is 11.8. The van der Waals surface area contributed by atoms with Crippen molar-refractivity contribution in [2.24, 2.45) is 5.92 Å². The first kappa shape index (κ1) is 22.4. The third kappa shape index (κ3) is 7.49. The molecule has 5 heteroatoms. The fraction of sp³-hybridized carbons (Fsp3) is 0.440. The summed E-state index contributed by atoms with van der Waals surface area (Å²) in [6.45, 7) is 1.70. The van der Waals surface area contributed by atoms with Crippen molar-refractivity contribution in [3.63, 3.8) is 0 Å². The lowest BCUT2D eigenvalue weighted by atomic mass is 9.87. The fourth-order valence-corrected chi connectivity index (χ4v) is 4.20. The van der Waals surface area contributed by atoms with E-state index in [1.807, 2.05) is 35.2 Å². The largest absolute Gasteiger partial charge is 0.338 e. The fourth-order valence-electron chi connectivity index (χ4n) is 4.07. The van der Waals surface area contributed by atoms with Crippen LogP contribution >= 0.6 is 11.6 Å². The lowest BCUT2D eigenvalue weighted by Gasteiger charge is -2.20. The van der Waals surface area contributed by atoms with Gasteiger partial charge in [0, 0.05) is 36.6 Å². The van der Waals surface area contributed by atoms with Crippen LogP contribution in [0.4, 0.5) is 5.69 Å². The van der Waals surface area contributed by atoms with Gasteiger partial charge in [-0.2, -0.15) is 0 Å². The van der Waals surface area contributed by atoms with Crippen molar-refractivity contribution >= 4 is 29.1 Å². The highest BCUT2D eigenvalue weighted by atomic mass is 35.5. The highest BCUT2D eigenvalue weighted by Gasteiger charge is 2.19. The summed E-state index contributed by atoms with van der Waals surface area (Å²) >= 11 is 5.79. The minimum atomic E-state index is 0.124. The average molecular weight is 427 g/mol. The summed E-state index contributed by atoms with van der Waals surface area (Å²) < 4.78 is 0. The zero-order chi connectivity index (χ0) is 21.2. The number of nitrogens with one attached hydrogen (secondary N) is 1. The van der Waals surface area contributed by atoms with Gasteiger partial charge in [0.1, 0.15) is 0 Å². The van der Waals surface area contributed by atoms with Gasteiger partial charge < -0.3 is 10.2 Å². The van der Waals surface area contributed by atoms with Crippen LogP contribution in [-0.4, -0.2) is 23.3 Å². The van der Waals surface area contributed by atoms with E-state index in [9.17, 15) is 9.59 Å². The number of halogens is 1. The second-order valence-corrected chi connectivity index (χ2v) is 8.60. The van der Waals surface area contributed by atoms with Gasteiger partial charge in [0.2, 0.25) is 11.8 Å². The topological polar surface area (TPSA) is 49.4 Å². The predicted molar refractivity (Wildman–Crippen MR) is 122 cm³/mol. The first-order valence-electron chi connectivity index (χ1n) is 11.0. The number of benzene rings is 2. The van der Waals surface area contributed by atoms with E-state index >= 15 is 0 Å². The van der Waals surface area contributed by atoms with Crippen LogP contribution in [0.25, 0.3) is 0 Å². The van der Waals surface area contributed by atoms with E-state index < -0.39 is 0 Å². The number of carbonyl (C=O) groups is 2. The number of anilines is 1. The molecule has 160 valence electrons. The van der Waals surface area contributed by atoms with Crippen molar-refractivity contribution in [3.8, 4) is 0 Å². The standard InChI is InChI=1S/C14H18ClNO.C11H13NO/c15-12-6-8-13(9-7-12)16-14(17)10-11-4-2-1-3-5-11;13-11-7-4-8-12(11)9-10-5-2-1-3-6-10/h6-9,11H,1-5,10H2,(H,16,17);1-3,5-6H,4,7-9H2. The van der Waals surface area contributed by atoms with Crippen molar-refractivity contribution in [1.82, 2.24) is 4.90 Å². The van der Waals surface area contributed by atoms with Crippen molar-refractivity contribution in [3.05, 3.63) is 65.2 Å². The predicted octanol–water partition coefficient (Wildman–Crippen LogP) is 6.06. The monoisotopic (exact) mass is 426 g/mol. The Morgan fingerprint density at radius 2 is 1.67 bits per heavy atom. The Balaban J connectivity index is 0.000000177. The van der Waals surface area contributed by atoms with E-state index in [0.29, 0.717) is 23.3 Å². The Labute approximate surface area is 184 Å². The normalized spacial score (nSPS) is 16.7. The molecule has 2 aromatic carbocycles. The molecule has 2 fully saturated rings. The zero-order valence-corrected chi connectivity index (χ0v) is 18.2. The van der Waals surface area contributed by atoms with Crippen LogP contribution in [0.3, 0.4) is 0 Å². The zero-order valence-electron chi connectivity index (χ0n) is 17.5. The van der Waals surface area contributed by atoms with Gasteiger partial charge in [-0.15, -0.1) is 0 Å². The molecule has 1 saturated heterocycles. The molecule has 0 spiro atoms. The molecule has 2 aromatic rings. The quantitative estimate of drug-likeness (QED) is 0.631. The van der Waals surface area contributed by atoms with Gasteiger partial charge >= 0.3 is 0 Å². The van der Waals surface area contributed by atoms with Crippen LogP contribution in [0.15, 0.2) is 54.6 Å². The summed E-state index contributed by atoms with van der Waals surface area (Å²) in [7, 11) is 0. The molecular formula is C25H31ClN2O2. The van der Waals surface area contributed by atoms with Crippen LogP contribution in [0.2, 0.25) is 5.02 Å². The van der Waals surface area contributed by atoms with Gasteiger partial charge in [-0.3, -0.25) is 9.59 Å². The first-order valence-corrected chi connectivity index (χ1v) is 11.3. The summed E-state index contributed by atoms with van der Waals surface area (Å²) in [4.78, 5) is 25.1. The van der Waals surface area contributed by atoms with Crippen LogP contribution in [0.5, 0.6) is 0 Å². The highest BCUT2D eigenvalue weighted by Crippen LogP contribution is 2.26. The third-order valence-corrected chi connectivity index (χ3v) is 5.97. The van der Waals surface area contributed by atoms with Crippen LogP contribution in [0.1, 0.15) is 56.9 Å². The van der Waals surface area contributed by atoms with Crippen molar-refractivity contribution in [1.29, 1.82) is 0 Å². The van der Waals surface area contributed by atoms with Gasteiger partial charge in [0.15, 0.2) is 0 Å². The summed E-state index contributed by atoms with van der Waals surface area (Å²) in [5.74, 6) is 0.999. The Bertz CT molecular complexity index is 802. The smallest absolute Gasteiger partial charge is 0.224 e. The minimum Gasteiger partial charge on any atom is -0.338 e. The maximum Gasteiger partial charge on any atom is 0.224 e. The maximum atomic E-state index is 11.8. The third-order valence-electron chi connectivity index (χ3n) is 5.71. The molecule has 4 rings (SSSR count). The molecule has 2 aliphatic rings. The van der Waals surface area contributed by atoms with Crippen LogP contribution < -0.4 is 5.32 Å². The number of likely N-dealkylation sites (tertiary alicyclic amines) is 1. The summed E-state index contributed by atoms with van der Waals surface area (Å²) in [6, 6.07) is 17.4.